The van der Waals surface area contributed by atoms with Crippen molar-refractivity contribution in [1.29, 1.82) is 0 Å². The molecule has 2 aromatic rings. The van der Waals surface area contributed by atoms with Crippen LogP contribution in [0.3, 0.4) is 0 Å². The molecule has 2 rings (SSSR count). The Hall–Kier alpha value is -2.69. The van der Waals surface area contributed by atoms with Crippen molar-refractivity contribution in [2.75, 3.05) is 0 Å². The molecule has 0 aliphatic carbocycles. The van der Waals surface area contributed by atoms with E-state index in [9.17, 15) is 14.0 Å². The first-order valence-electron chi connectivity index (χ1n) is 8.27. The standard InChI is InChI=1S/C20H23FN2O2/c1-13(2)18(23-19(24)16-6-4-5-7-17(16)21)20(25)22-12-15-10-8-14(3)9-11-15/h4-11,13,18H,12H2,1-3H3,(H,22,25)(H,23,24)/t18-/m0/s1. The van der Waals surface area contributed by atoms with Gasteiger partial charge in [0.15, 0.2) is 0 Å². The van der Waals surface area contributed by atoms with Crippen LogP contribution in [-0.4, -0.2) is 17.9 Å². The Morgan fingerprint density at radius 1 is 1.04 bits per heavy atom. The van der Waals surface area contributed by atoms with E-state index in [1.165, 1.54) is 18.2 Å². The Kier molecular flexibility index (Phi) is 6.28. The van der Waals surface area contributed by atoms with Crippen LogP contribution in [-0.2, 0) is 11.3 Å². The number of carbonyl (C=O) groups excluding carboxylic acids is 2. The molecule has 5 heteroatoms. The van der Waals surface area contributed by atoms with Crippen molar-refractivity contribution in [2.45, 2.75) is 33.4 Å². The first-order valence-corrected chi connectivity index (χ1v) is 8.27. The van der Waals surface area contributed by atoms with Crippen LogP contribution in [0.25, 0.3) is 0 Å². The summed E-state index contributed by atoms with van der Waals surface area (Å²) in [6.45, 7) is 6.03. The first kappa shape index (κ1) is 18.6. The zero-order valence-corrected chi connectivity index (χ0v) is 14.7. The Morgan fingerprint density at radius 3 is 2.28 bits per heavy atom. The fourth-order valence-corrected chi connectivity index (χ4v) is 2.40. The topological polar surface area (TPSA) is 58.2 Å². The third-order valence-corrected chi connectivity index (χ3v) is 3.94. The molecule has 2 N–H and O–H groups in total. The molecular formula is C20H23FN2O2. The lowest BCUT2D eigenvalue weighted by Crippen LogP contribution is -2.49. The van der Waals surface area contributed by atoms with E-state index in [2.05, 4.69) is 10.6 Å². The van der Waals surface area contributed by atoms with Crippen molar-refractivity contribution in [3.63, 3.8) is 0 Å². The first-order chi connectivity index (χ1) is 11.9. The molecule has 0 unspecified atom stereocenters. The lowest BCUT2D eigenvalue weighted by molar-refractivity contribution is -0.124. The average molecular weight is 342 g/mol. The third-order valence-electron chi connectivity index (χ3n) is 3.94. The largest absolute Gasteiger partial charge is 0.350 e. The Labute approximate surface area is 147 Å². The van der Waals surface area contributed by atoms with Gasteiger partial charge in [-0.25, -0.2) is 4.39 Å². The fourth-order valence-electron chi connectivity index (χ4n) is 2.40. The number of nitrogens with one attached hydrogen (secondary N) is 2. The Morgan fingerprint density at radius 2 is 1.68 bits per heavy atom. The van der Waals surface area contributed by atoms with Gasteiger partial charge in [-0.05, 0) is 30.5 Å². The van der Waals surface area contributed by atoms with E-state index in [1.807, 2.05) is 45.0 Å². The van der Waals surface area contributed by atoms with Crippen LogP contribution >= 0.6 is 0 Å². The molecular weight excluding hydrogens is 319 g/mol. The monoisotopic (exact) mass is 342 g/mol. The van der Waals surface area contributed by atoms with Crippen LogP contribution in [0.15, 0.2) is 48.5 Å². The summed E-state index contributed by atoms with van der Waals surface area (Å²) in [6, 6.07) is 12.8. The minimum absolute atomic E-state index is 0.0699. The van der Waals surface area contributed by atoms with Crippen LogP contribution in [0.2, 0.25) is 0 Å². The molecule has 0 bridgehead atoms. The summed E-state index contributed by atoms with van der Waals surface area (Å²) >= 11 is 0. The molecule has 4 nitrogen and oxygen atoms in total. The summed E-state index contributed by atoms with van der Waals surface area (Å²) < 4.78 is 13.7. The highest BCUT2D eigenvalue weighted by molar-refractivity contribution is 5.97. The van der Waals surface area contributed by atoms with E-state index in [1.54, 1.807) is 6.07 Å². The maximum atomic E-state index is 13.7. The van der Waals surface area contributed by atoms with Gasteiger partial charge in [-0.1, -0.05) is 55.8 Å². The van der Waals surface area contributed by atoms with Gasteiger partial charge in [0.2, 0.25) is 5.91 Å². The summed E-state index contributed by atoms with van der Waals surface area (Å²) in [5.41, 5.74) is 2.05. The van der Waals surface area contributed by atoms with Crippen molar-refractivity contribution >= 4 is 11.8 Å². The van der Waals surface area contributed by atoms with Gasteiger partial charge in [0, 0.05) is 6.54 Å². The molecule has 0 aromatic heterocycles. The van der Waals surface area contributed by atoms with Crippen molar-refractivity contribution in [2.24, 2.45) is 5.92 Å². The zero-order chi connectivity index (χ0) is 18.4. The molecule has 1 atom stereocenters. The van der Waals surface area contributed by atoms with E-state index < -0.39 is 17.8 Å². The summed E-state index contributed by atoms with van der Waals surface area (Å²) in [6.07, 6.45) is 0. The minimum atomic E-state index is -0.738. The quantitative estimate of drug-likeness (QED) is 0.847. The molecule has 0 aliphatic heterocycles. The molecule has 0 spiro atoms. The molecule has 25 heavy (non-hydrogen) atoms. The van der Waals surface area contributed by atoms with E-state index >= 15 is 0 Å². The van der Waals surface area contributed by atoms with Gasteiger partial charge >= 0.3 is 0 Å². The van der Waals surface area contributed by atoms with Gasteiger partial charge in [0.05, 0.1) is 5.56 Å². The van der Waals surface area contributed by atoms with Crippen molar-refractivity contribution in [3.8, 4) is 0 Å². The highest BCUT2D eigenvalue weighted by Gasteiger charge is 2.25. The van der Waals surface area contributed by atoms with Gasteiger partial charge in [0.1, 0.15) is 11.9 Å². The number of aryl methyl sites for hydroxylation is 1. The number of carbonyl (C=O) groups is 2. The Bertz CT molecular complexity index is 742. The molecule has 0 heterocycles. The van der Waals surface area contributed by atoms with E-state index in [4.69, 9.17) is 0 Å². The molecule has 0 radical (unpaired) electrons. The summed E-state index contributed by atoms with van der Waals surface area (Å²) in [5.74, 6) is -1.63. The maximum absolute atomic E-state index is 13.7. The second kappa shape index (κ2) is 8.42. The zero-order valence-electron chi connectivity index (χ0n) is 14.7. The van der Waals surface area contributed by atoms with Gasteiger partial charge in [0.25, 0.3) is 5.91 Å². The van der Waals surface area contributed by atoms with Gasteiger partial charge < -0.3 is 10.6 Å². The van der Waals surface area contributed by atoms with Crippen LogP contribution in [0.5, 0.6) is 0 Å². The highest BCUT2D eigenvalue weighted by Crippen LogP contribution is 2.09. The molecule has 2 amide bonds. The number of hydrogen-bond donors (Lipinski definition) is 2. The fraction of sp³-hybridized carbons (Fsp3) is 0.300. The second-order valence-electron chi connectivity index (χ2n) is 6.38. The van der Waals surface area contributed by atoms with E-state index in [0.717, 1.165) is 11.1 Å². The lowest BCUT2D eigenvalue weighted by atomic mass is 10.0. The van der Waals surface area contributed by atoms with E-state index in [-0.39, 0.29) is 17.4 Å². The van der Waals surface area contributed by atoms with Crippen LogP contribution in [0.4, 0.5) is 4.39 Å². The lowest BCUT2D eigenvalue weighted by Gasteiger charge is -2.22. The SMILES string of the molecule is Cc1ccc(CNC(=O)[C@@H](NC(=O)c2ccccc2F)C(C)C)cc1. The smallest absolute Gasteiger partial charge is 0.254 e. The summed E-state index contributed by atoms with van der Waals surface area (Å²) in [5, 5.41) is 5.45. The molecule has 132 valence electrons. The number of benzene rings is 2. The Balaban J connectivity index is 2.01. The van der Waals surface area contributed by atoms with Crippen LogP contribution in [0, 0.1) is 18.7 Å². The molecule has 0 fully saturated rings. The molecule has 0 saturated heterocycles. The minimum Gasteiger partial charge on any atom is -0.350 e. The summed E-state index contributed by atoms with van der Waals surface area (Å²) in [4.78, 5) is 24.7. The normalized spacial score (nSPS) is 11.9. The predicted molar refractivity (Wildman–Crippen MR) is 95.5 cm³/mol. The molecule has 0 aliphatic rings. The molecule has 2 aromatic carbocycles. The average Bonchev–Trinajstić information content (AvgIpc) is 2.58. The van der Waals surface area contributed by atoms with Crippen LogP contribution in [0.1, 0.15) is 35.3 Å². The van der Waals surface area contributed by atoms with Crippen molar-refractivity contribution in [3.05, 3.63) is 71.0 Å². The second-order valence-corrected chi connectivity index (χ2v) is 6.38. The van der Waals surface area contributed by atoms with Crippen molar-refractivity contribution in [1.82, 2.24) is 10.6 Å². The van der Waals surface area contributed by atoms with Crippen LogP contribution < -0.4 is 10.6 Å². The van der Waals surface area contributed by atoms with E-state index in [0.29, 0.717) is 6.54 Å². The number of rotatable bonds is 6. The summed E-state index contributed by atoms with van der Waals surface area (Å²) in [7, 11) is 0. The number of amides is 2. The van der Waals surface area contributed by atoms with Crippen molar-refractivity contribution < 1.29 is 14.0 Å². The number of hydrogen-bond acceptors (Lipinski definition) is 2. The van der Waals surface area contributed by atoms with Gasteiger partial charge in [-0.2, -0.15) is 0 Å². The maximum Gasteiger partial charge on any atom is 0.254 e. The van der Waals surface area contributed by atoms with Gasteiger partial charge in [-0.15, -0.1) is 0 Å². The number of halogens is 1. The predicted octanol–water partition coefficient (Wildman–Crippen LogP) is 3.20. The molecule has 0 saturated carbocycles. The highest BCUT2D eigenvalue weighted by atomic mass is 19.1. The van der Waals surface area contributed by atoms with Gasteiger partial charge in [-0.3, -0.25) is 9.59 Å². The third kappa shape index (κ3) is 5.14.